The molecule has 1 aromatic rings. The molecule has 1 N–H and O–H groups in total. The van der Waals surface area contributed by atoms with Gasteiger partial charge in [-0.25, -0.2) is 0 Å². The Hall–Kier alpha value is -1.80. The fraction of sp³-hybridized carbons (Fsp3) is 0.333. The van der Waals surface area contributed by atoms with E-state index >= 15 is 0 Å². The van der Waals surface area contributed by atoms with Gasteiger partial charge >= 0.3 is 0 Å². The molecule has 0 amide bonds. The van der Waals surface area contributed by atoms with E-state index in [1.54, 1.807) is 0 Å². The Bertz CT molecular complexity index is 506. The summed E-state index contributed by atoms with van der Waals surface area (Å²) in [4.78, 5) is 2.20. The van der Waals surface area contributed by atoms with E-state index in [1.165, 1.54) is 24.0 Å². The summed E-state index contributed by atoms with van der Waals surface area (Å²) >= 11 is 0. The van der Waals surface area contributed by atoms with E-state index in [2.05, 4.69) is 30.2 Å². The number of nitrogens with zero attached hydrogens (tertiary/aromatic N) is 1. The monoisotopic (exact) mass is 269 g/mol. The largest absolute Gasteiger partial charge is 0.508 e. The molecule has 2 heteroatoms. The summed E-state index contributed by atoms with van der Waals surface area (Å²) in [5, 5.41) is 10.1. The SMILES string of the molecule is C=CCN(CC=C)Cc1cc(C2=CCCC2)ccc1O. The minimum absolute atomic E-state index is 0.366. The lowest BCUT2D eigenvalue weighted by Gasteiger charge is -2.20. The second-order valence-electron chi connectivity index (χ2n) is 5.24. The maximum atomic E-state index is 10.1. The fourth-order valence-corrected chi connectivity index (χ4v) is 2.65. The zero-order valence-electron chi connectivity index (χ0n) is 12.0. The maximum absolute atomic E-state index is 10.1. The summed E-state index contributed by atoms with van der Waals surface area (Å²) in [6, 6.07) is 5.94. The van der Waals surface area contributed by atoms with Crippen LogP contribution in [0.15, 0.2) is 49.6 Å². The number of aromatic hydroxyl groups is 1. The summed E-state index contributed by atoms with van der Waals surface area (Å²) in [7, 11) is 0. The predicted molar refractivity (Wildman–Crippen MR) is 85.6 cm³/mol. The number of hydrogen-bond acceptors (Lipinski definition) is 2. The van der Waals surface area contributed by atoms with Gasteiger partial charge in [-0.2, -0.15) is 0 Å². The first-order valence-corrected chi connectivity index (χ1v) is 7.20. The lowest BCUT2D eigenvalue weighted by Crippen LogP contribution is -2.23. The van der Waals surface area contributed by atoms with Crippen molar-refractivity contribution in [2.24, 2.45) is 0 Å². The van der Waals surface area contributed by atoms with Gasteiger partial charge < -0.3 is 5.11 Å². The minimum atomic E-state index is 0.366. The van der Waals surface area contributed by atoms with E-state index in [4.69, 9.17) is 0 Å². The molecule has 0 heterocycles. The first-order chi connectivity index (χ1) is 9.74. The molecular weight excluding hydrogens is 246 g/mol. The highest BCUT2D eigenvalue weighted by Crippen LogP contribution is 2.30. The summed E-state index contributed by atoms with van der Waals surface area (Å²) in [5.74, 6) is 0.366. The molecule has 2 nitrogen and oxygen atoms in total. The van der Waals surface area contributed by atoms with Crippen molar-refractivity contribution in [1.82, 2.24) is 4.90 Å². The van der Waals surface area contributed by atoms with Gasteiger partial charge in [0.25, 0.3) is 0 Å². The van der Waals surface area contributed by atoms with E-state index in [9.17, 15) is 5.11 Å². The third-order valence-corrected chi connectivity index (χ3v) is 3.66. The molecule has 0 fully saturated rings. The van der Waals surface area contributed by atoms with Crippen LogP contribution >= 0.6 is 0 Å². The summed E-state index contributed by atoms with van der Waals surface area (Å²) in [5.41, 5.74) is 3.62. The number of phenolic OH excluding ortho intramolecular Hbond substituents is 1. The van der Waals surface area contributed by atoms with Gasteiger partial charge in [-0.05, 0) is 42.5 Å². The highest BCUT2D eigenvalue weighted by atomic mass is 16.3. The molecule has 0 aliphatic heterocycles. The third kappa shape index (κ3) is 3.61. The highest BCUT2D eigenvalue weighted by Gasteiger charge is 2.11. The average molecular weight is 269 g/mol. The second kappa shape index (κ2) is 7.11. The molecule has 2 rings (SSSR count). The van der Waals surface area contributed by atoms with Crippen molar-refractivity contribution >= 4 is 5.57 Å². The third-order valence-electron chi connectivity index (χ3n) is 3.66. The Morgan fingerprint density at radius 2 is 1.95 bits per heavy atom. The first-order valence-electron chi connectivity index (χ1n) is 7.20. The molecule has 0 spiro atoms. The molecule has 106 valence electrons. The predicted octanol–water partition coefficient (Wildman–Crippen LogP) is 4.13. The van der Waals surface area contributed by atoms with Gasteiger partial charge in [-0.1, -0.05) is 24.3 Å². The van der Waals surface area contributed by atoms with Crippen molar-refractivity contribution in [3.05, 3.63) is 60.7 Å². The van der Waals surface area contributed by atoms with E-state index in [-0.39, 0.29) is 0 Å². The Morgan fingerprint density at radius 1 is 1.20 bits per heavy atom. The second-order valence-corrected chi connectivity index (χ2v) is 5.24. The minimum Gasteiger partial charge on any atom is -0.508 e. The van der Waals surface area contributed by atoms with Crippen LogP contribution in [0.1, 0.15) is 30.4 Å². The molecule has 0 saturated carbocycles. The molecule has 0 atom stereocenters. The van der Waals surface area contributed by atoms with Crippen LogP contribution in [-0.2, 0) is 6.54 Å². The summed E-state index contributed by atoms with van der Waals surface area (Å²) < 4.78 is 0. The van der Waals surface area contributed by atoms with Gasteiger partial charge in [-0.3, -0.25) is 4.90 Å². The molecular formula is C18H23NO. The Labute approximate surface area is 121 Å². The van der Waals surface area contributed by atoms with Gasteiger partial charge in [-0.15, -0.1) is 13.2 Å². The quantitative estimate of drug-likeness (QED) is 0.752. The molecule has 1 aliphatic carbocycles. The molecule has 0 unspecified atom stereocenters. The fourth-order valence-electron chi connectivity index (χ4n) is 2.65. The van der Waals surface area contributed by atoms with Crippen molar-refractivity contribution < 1.29 is 5.11 Å². The lowest BCUT2D eigenvalue weighted by molar-refractivity contribution is 0.320. The summed E-state index contributed by atoms with van der Waals surface area (Å²) in [6.07, 6.45) is 9.62. The Balaban J connectivity index is 2.18. The molecule has 0 aromatic heterocycles. The van der Waals surface area contributed by atoms with Crippen LogP contribution in [0.3, 0.4) is 0 Å². The van der Waals surface area contributed by atoms with E-state index in [1.807, 2.05) is 24.3 Å². The van der Waals surface area contributed by atoms with Crippen molar-refractivity contribution in [2.75, 3.05) is 13.1 Å². The standard InChI is InChI=1S/C18H23NO/c1-3-11-19(12-4-2)14-17-13-16(9-10-18(17)20)15-7-5-6-8-15/h3-4,7,9-10,13,20H,1-2,5-6,8,11-12,14H2. The maximum Gasteiger partial charge on any atom is 0.120 e. The zero-order chi connectivity index (χ0) is 14.4. The molecule has 0 bridgehead atoms. The number of hydrogen-bond donors (Lipinski definition) is 1. The van der Waals surface area contributed by atoms with Gasteiger partial charge in [0.1, 0.15) is 5.75 Å². The van der Waals surface area contributed by atoms with Gasteiger partial charge in [0.15, 0.2) is 0 Å². The van der Waals surface area contributed by atoms with Crippen molar-refractivity contribution in [3.63, 3.8) is 0 Å². The van der Waals surface area contributed by atoms with Crippen LogP contribution in [-0.4, -0.2) is 23.1 Å². The number of phenols is 1. The molecule has 1 aromatic carbocycles. The van der Waals surface area contributed by atoms with Crippen molar-refractivity contribution in [1.29, 1.82) is 0 Å². The van der Waals surface area contributed by atoms with Crippen LogP contribution in [0.25, 0.3) is 5.57 Å². The first kappa shape index (κ1) is 14.6. The number of allylic oxidation sites excluding steroid dienone is 2. The van der Waals surface area contributed by atoms with Gasteiger partial charge in [0.05, 0.1) is 0 Å². The normalized spacial score (nSPS) is 14.3. The Morgan fingerprint density at radius 3 is 2.55 bits per heavy atom. The lowest BCUT2D eigenvalue weighted by atomic mass is 10.0. The molecule has 0 radical (unpaired) electrons. The van der Waals surface area contributed by atoms with Crippen LogP contribution in [0.4, 0.5) is 0 Å². The van der Waals surface area contributed by atoms with Crippen molar-refractivity contribution in [2.45, 2.75) is 25.8 Å². The molecule has 20 heavy (non-hydrogen) atoms. The van der Waals surface area contributed by atoms with E-state index in [0.717, 1.165) is 25.1 Å². The topological polar surface area (TPSA) is 23.5 Å². The number of benzene rings is 1. The molecule has 0 saturated heterocycles. The summed E-state index contributed by atoms with van der Waals surface area (Å²) in [6.45, 7) is 9.85. The van der Waals surface area contributed by atoms with Gasteiger partial charge in [0, 0.05) is 25.2 Å². The van der Waals surface area contributed by atoms with Crippen LogP contribution in [0.2, 0.25) is 0 Å². The van der Waals surface area contributed by atoms with Crippen molar-refractivity contribution in [3.8, 4) is 5.75 Å². The smallest absolute Gasteiger partial charge is 0.120 e. The number of rotatable bonds is 7. The van der Waals surface area contributed by atoms with Gasteiger partial charge in [0.2, 0.25) is 0 Å². The average Bonchev–Trinajstić information content (AvgIpc) is 2.96. The zero-order valence-corrected chi connectivity index (χ0v) is 12.0. The van der Waals surface area contributed by atoms with Crippen LogP contribution in [0.5, 0.6) is 5.75 Å². The van der Waals surface area contributed by atoms with E-state index < -0.39 is 0 Å². The van der Waals surface area contributed by atoms with E-state index in [0.29, 0.717) is 12.3 Å². The van der Waals surface area contributed by atoms with Crippen LogP contribution in [0, 0.1) is 0 Å². The molecule has 1 aliphatic rings. The van der Waals surface area contributed by atoms with Crippen LogP contribution < -0.4 is 0 Å². The Kier molecular flexibility index (Phi) is 5.19. The highest BCUT2D eigenvalue weighted by molar-refractivity contribution is 5.68.